The molecular weight excluding hydrogens is 360 g/mol. The van der Waals surface area contributed by atoms with Crippen LogP contribution >= 0.6 is 0 Å². The van der Waals surface area contributed by atoms with E-state index in [-0.39, 0.29) is 0 Å². The molecule has 0 spiro atoms. The zero-order chi connectivity index (χ0) is 19.9. The van der Waals surface area contributed by atoms with Crippen LogP contribution in [0.3, 0.4) is 0 Å². The lowest BCUT2D eigenvalue weighted by molar-refractivity contribution is 1.00. The largest absolute Gasteiger partial charge is 0.0622 e. The second kappa shape index (κ2) is 7.00. The SMILES string of the molecule is C1=C(c2c3ccccc3c(-c3ccccc3)c3ccccc23)CCc2ccccc21. The lowest BCUT2D eigenvalue weighted by Gasteiger charge is -2.22. The fourth-order valence-electron chi connectivity index (χ4n) is 5.02. The van der Waals surface area contributed by atoms with E-state index in [1.165, 1.54) is 54.9 Å². The summed E-state index contributed by atoms with van der Waals surface area (Å²) in [7, 11) is 0. The Morgan fingerprint density at radius 3 is 1.63 bits per heavy atom. The summed E-state index contributed by atoms with van der Waals surface area (Å²) in [5, 5.41) is 5.36. The molecule has 0 atom stereocenters. The molecule has 0 N–H and O–H groups in total. The molecule has 0 aromatic heterocycles. The van der Waals surface area contributed by atoms with Crippen molar-refractivity contribution in [3.63, 3.8) is 0 Å². The predicted molar refractivity (Wildman–Crippen MR) is 130 cm³/mol. The summed E-state index contributed by atoms with van der Waals surface area (Å²) in [5.74, 6) is 0. The van der Waals surface area contributed by atoms with E-state index < -0.39 is 0 Å². The average Bonchev–Trinajstić information content (AvgIpc) is 2.82. The highest BCUT2D eigenvalue weighted by Gasteiger charge is 2.19. The summed E-state index contributed by atoms with van der Waals surface area (Å²) in [4.78, 5) is 0. The number of allylic oxidation sites excluding steroid dienone is 1. The smallest absolute Gasteiger partial charge is 0.00264 e. The van der Waals surface area contributed by atoms with Crippen molar-refractivity contribution in [2.24, 2.45) is 0 Å². The molecule has 0 fully saturated rings. The van der Waals surface area contributed by atoms with Crippen LogP contribution in [0.1, 0.15) is 23.1 Å². The molecule has 0 heterocycles. The van der Waals surface area contributed by atoms with Gasteiger partial charge in [0.25, 0.3) is 0 Å². The molecule has 0 radical (unpaired) electrons. The first-order chi connectivity index (χ1) is 14.9. The molecule has 5 aromatic rings. The van der Waals surface area contributed by atoms with Gasteiger partial charge in [0.1, 0.15) is 0 Å². The third-order valence-electron chi connectivity index (χ3n) is 6.36. The monoisotopic (exact) mass is 382 g/mol. The van der Waals surface area contributed by atoms with E-state index in [9.17, 15) is 0 Å². The van der Waals surface area contributed by atoms with Crippen LogP contribution in [0.2, 0.25) is 0 Å². The molecule has 0 aliphatic heterocycles. The summed E-state index contributed by atoms with van der Waals surface area (Å²) in [6, 6.07) is 37.4. The van der Waals surface area contributed by atoms with Gasteiger partial charge < -0.3 is 0 Å². The van der Waals surface area contributed by atoms with Crippen LogP contribution in [0.25, 0.3) is 44.3 Å². The number of hydrogen-bond acceptors (Lipinski definition) is 0. The van der Waals surface area contributed by atoms with Gasteiger partial charge >= 0.3 is 0 Å². The van der Waals surface area contributed by atoms with E-state index >= 15 is 0 Å². The molecule has 0 unspecified atom stereocenters. The van der Waals surface area contributed by atoms with E-state index in [1.807, 2.05) is 0 Å². The molecule has 1 aliphatic carbocycles. The average molecular weight is 383 g/mol. The van der Waals surface area contributed by atoms with Gasteiger partial charge in [0, 0.05) is 0 Å². The maximum atomic E-state index is 2.41. The Hall–Kier alpha value is -3.64. The summed E-state index contributed by atoms with van der Waals surface area (Å²) in [6.45, 7) is 0. The third-order valence-corrected chi connectivity index (χ3v) is 6.36. The molecule has 30 heavy (non-hydrogen) atoms. The Morgan fingerprint density at radius 2 is 0.967 bits per heavy atom. The third kappa shape index (κ3) is 2.69. The van der Waals surface area contributed by atoms with Crippen LogP contribution in [-0.4, -0.2) is 0 Å². The van der Waals surface area contributed by atoms with Crippen molar-refractivity contribution in [2.45, 2.75) is 12.8 Å². The predicted octanol–water partition coefficient (Wildman–Crippen LogP) is 8.15. The van der Waals surface area contributed by atoms with E-state index in [0.717, 1.165) is 12.8 Å². The minimum absolute atomic E-state index is 1.08. The van der Waals surface area contributed by atoms with Crippen molar-refractivity contribution in [3.8, 4) is 11.1 Å². The van der Waals surface area contributed by atoms with Crippen molar-refractivity contribution in [3.05, 3.63) is 120 Å². The van der Waals surface area contributed by atoms with E-state index in [0.29, 0.717) is 0 Å². The van der Waals surface area contributed by atoms with Crippen LogP contribution in [0.15, 0.2) is 103 Å². The van der Waals surface area contributed by atoms with Crippen LogP contribution in [0, 0.1) is 0 Å². The quantitative estimate of drug-likeness (QED) is 0.270. The molecule has 0 saturated carbocycles. The maximum Gasteiger partial charge on any atom is -0.00264 e. The lowest BCUT2D eigenvalue weighted by atomic mass is 9.82. The molecule has 0 saturated heterocycles. The van der Waals surface area contributed by atoms with Gasteiger partial charge in [0.2, 0.25) is 0 Å². The van der Waals surface area contributed by atoms with Gasteiger partial charge in [0.15, 0.2) is 0 Å². The molecule has 142 valence electrons. The topological polar surface area (TPSA) is 0 Å². The Kier molecular flexibility index (Phi) is 4.02. The van der Waals surface area contributed by atoms with Crippen molar-refractivity contribution in [1.82, 2.24) is 0 Å². The Balaban J connectivity index is 1.74. The zero-order valence-electron chi connectivity index (χ0n) is 16.8. The highest BCUT2D eigenvalue weighted by Crippen LogP contribution is 2.44. The van der Waals surface area contributed by atoms with Gasteiger partial charge in [-0.05, 0) is 67.8 Å². The highest BCUT2D eigenvalue weighted by molar-refractivity contribution is 6.19. The van der Waals surface area contributed by atoms with E-state index in [2.05, 4.69) is 109 Å². The second-order valence-corrected chi connectivity index (χ2v) is 8.08. The Morgan fingerprint density at radius 1 is 0.433 bits per heavy atom. The molecule has 0 bridgehead atoms. The minimum Gasteiger partial charge on any atom is -0.0622 e. The number of benzene rings is 5. The summed E-state index contributed by atoms with van der Waals surface area (Å²) < 4.78 is 0. The molecular formula is C30H22. The molecule has 5 aromatic carbocycles. The first-order valence-electron chi connectivity index (χ1n) is 10.7. The standard InChI is InChI=1S/C30H22/c1-2-11-22(12-3-1)29-25-14-6-8-16-27(25)30(28-17-9-7-15-26(28)29)24-19-18-21-10-4-5-13-23(21)20-24/h1-17,20H,18-19H2. The zero-order valence-corrected chi connectivity index (χ0v) is 16.8. The minimum atomic E-state index is 1.08. The maximum absolute atomic E-state index is 2.41. The Bertz CT molecular complexity index is 1360. The van der Waals surface area contributed by atoms with E-state index in [4.69, 9.17) is 0 Å². The van der Waals surface area contributed by atoms with Crippen LogP contribution in [-0.2, 0) is 6.42 Å². The molecule has 0 heteroatoms. The number of fused-ring (bicyclic) bond motifs is 3. The lowest BCUT2D eigenvalue weighted by Crippen LogP contribution is -2.00. The van der Waals surface area contributed by atoms with Crippen molar-refractivity contribution in [2.75, 3.05) is 0 Å². The van der Waals surface area contributed by atoms with Gasteiger partial charge in [-0.1, -0.05) is 109 Å². The fraction of sp³-hybridized carbons (Fsp3) is 0.0667. The molecule has 6 rings (SSSR count). The normalized spacial score (nSPS) is 13.3. The van der Waals surface area contributed by atoms with Gasteiger partial charge in [-0.15, -0.1) is 0 Å². The number of aryl methyl sites for hydroxylation is 1. The molecule has 0 amide bonds. The van der Waals surface area contributed by atoms with Crippen LogP contribution in [0.4, 0.5) is 0 Å². The first kappa shape index (κ1) is 17.2. The van der Waals surface area contributed by atoms with Crippen LogP contribution in [0.5, 0.6) is 0 Å². The fourth-order valence-corrected chi connectivity index (χ4v) is 5.02. The van der Waals surface area contributed by atoms with Crippen LogP contribution < -0.4 is 0 Å². The van der Waals surface area contributed by atoms with Gasteiger partial charge in [0.05, 0.1) is 0 Å². The van der Waals surface area contributed by atoms with Gasteiger partial charge in [-0.25, -0.2) is 0 Å². The van der Waals surface area contributed by atoms with Gasteiger partial charge in [-0.2, -0.15) is 0 Å². The van der Waals surface area contributed by atoms with Crippen molar-refractivity contribution in [1.29, 1.82) is 0 Å². The highest BCUT2D eigenvalue weighted by atomic mass is 14.2. The summed E-state index contributed by atoms with van der Waals surface area (Å²) in [5.41, 5.74) is 8.27. The van der Waals surface area contributed by atoms with E-state index in [1.54, 1.807) is 0 Å². The summed E-state index contributed by atoms with van der Waals surface area (Å²) >= 11 is 0. The van der Waals surface area contributed by atoms with Crippen molar-refractivity contribution >= 4 is 33.2 Å². The molecule has 1 aliphatic rings. The number of rotatable bonds is 2. The number of hydrogen-bond donors (Lipinski definition) is 0. The Labute approximate surface area is 177 Å². The molecule has 0 nitrogen and oxygen atoms in total. The second-order valence-electron chi connectivity index (χ2n) is 8.08. The summed E-state index contributed by atoms with van der Waals surface area (Å²) in [6.07, 6.45) is 4.59. The first-order valence-corrected chi connectivity index (χ1v) is 10.7. The van der Waals surface area contributed by atoms with Gasteiger partial charge in [-0.3, -0.25) is 0 Å². The van der Waals surface area contributed by atoms with Crippen molar-refractivity contribution < 1.29 is 0 Å².